The third kappa shape index (κ3) is 3.45. The van der Waals surface area contributed by atoms with Crippen molar-refractivity contribution >= 4 is 17.8 Å². The number of rotatable bonds is 6. The Morgan fingerprint density at radius 1 is 0.960 bits per heavy atom. The molecular formula is C20H19NO4. The van der Waals surface area contributed by atoms with Crippen molar-refractivity contribution in [3.05, 3.63) is 71.3 Å². The maximum Gasteiger partial charge on any atom is 0.306 e. The van der Waals surface area contributed by atoms with Crippen LogP contribution in [0.2, 0.25) is 0 Å². The first-order chi connectivity index (χ1) is 12.1. The van der Waals surface area contributed by atoms with Crippen molar-refractivity contribution < 1.29 is 19.1 Å². The van der Waals surface area contributed by atoms with E-state index in [1.165, 1.54) is 4.90 Å². The van der Waals surface area contributed by atoms with Crippen molar-refractivity contribution in [1.29, 1.82) is 0 Å². The number of benzene rings is 2. The van der Waals surface area contributed by atoms with Gasteiger partial charge in [0.1, 0.15) is 0 Å². The predicted molar refractivity (Wildman–Crippen MR) is 92.2 cm³/mol. The summed E-state index contributed by atoms with van der Waals surface area (Å²) in [4.78, 5) is 38.3. The highest BCUT2D eigenvalue weighted by Crippen LogP contribution is 2.28. The zero-order valence-corrected chi connectivity index (χ0v) is 14.0. The van der Waals surface area contributed by atoms with E-state index in [1.807, 2.05) is 30.3 Å². The van der Waals surface area contributed by atoms with E-state index in [9.17, 15) is 14.4 Å². The Hall–Kier alpha value is -2.95. The molecule has 1 atom stereocenters. The van der Waals surface area contributed by atoms with Crippen LogP contribution in [0.5, 0.6) is 0 Å². The largest absolute Gasteiger partial charge is 0.466 e. The predicted octanol–water partition coefficient (Wildman–Crippen LogP) is 3.02. The van der Waals surface area contributed by atoms with Crippen LogP contribution in [0, 0.1) is 0 Å². The molecule has 0 radical (unpaired) electrons. The molecule has 0 saturated carbocycles. The molecule has 1 aliphatic rings. The maximum atomic E-state index is 12.6. The normalized spacial score (nSPS) is 14.4. The van der Waals surface area contributed by atoms with E-state index in [4.69, 9.17) is 4.74 Å². The summed E-state index contributed by atoms with van der Waals surface area (Å²) in [6, 6.07) is 16.2. The molecule has 0 spiro atoms. The van der Waals surface area contributed by atoms with Gasteiger partial charge in [-0.15, -0.1) is 0 Å². The molecule has 5 heteroatoms. The Morgan fingerprint density at radius 2 is 1.52 bits per heavy atom. The highest BCUT2D eigenvalue weighted by molar-refractivity contribution is 6.21. The average Bonchev–Trinajstić information content (AvgIpc) is 2.87. The van der Waals surface area contributed by atoms with Crippen LogP contribution >= 0.6 is 0 Å². The zero-order chi connectivity index (χ0) is 17.8. The number of esters is 1. The fraction of sp³-hybridized carbons (Fsp3) is 0.250. The Labute approximate surface area is 146 Å². The van der Waals surface area contributed by atoms with Gasteiger partial charge in [0.05, 0.1) is 24.2 Å². The Morgan fingerprint density at radius 3 is 2.08 bits per heavy atom. The van der Waals surface area contributed by atoms with Crippen LogP contribution in [0.4, 0.5) is 0 Å². The quantitative estimate of drug-likeness (QED) is 0.600. The summed E-state index contributed by atoms with van der Waals surface area (Å²) in [6.45, 7) is 2.20. The van der Waals surface area contributed by atoms with E-state index in [0.717, 1.165) is 5.56 Å². The molecule has 0 N–H and O–H groups in total. The topological polar surface area (TPSA) is 63.7 Å². The standard InChI is InChI=1S/C20H19NO4/c1-2-25-18(22)12-15(14-8-4-3-5-9-14)13-21-19(23)16-10-6-7-11-17(16)20(21)24/h3-11,15H,2,12-13H2,1H3/t15-/m1/s1. The molecule has 0 aliphatic carbocycles. The molecular weight excluding hydrogens is 318 g/mol. The number of amides is 2. The van der Waals surface area contributed by atoms with E-state index in [1.54, 1.807) is 31.2 Å². The van der Waals surface area contributed by atoms with Crippen molar-refractivity contribution in [3.63, 3.8) is 0 Å². The van der Waals surface area contributed by atoms with Gasteiger partial charge in [-0.05, 0) is 24.6 Å². The highest BCUT2D eigenvalue weighted by Gasteiger charge is 2.37. The molecule has 0 saturated heterocycles. The third-order valence-corrected chi connectivity index (χ3v) is 4.27. The van der Waals surface area contributed by atoms with Gasteiger partial charge >= 0.3 is 5.97 Å². The van der Waals surface area contributed by atoms with Crippen LogP contribution in [-0.4, -0.2) is 35.8 Å². The lowest BCUT2D eigenvalue weighted by Crippen LogP contribution is -2.34. The second-order valence-corrected chi connectivity index (χ2v) is 5.88. The van der Waals surface area contributed by atoms with Crippen LogP contribution in [0.3, 0.4) is 0 Å². The summed E-state index contributed by atoms with van der Waals surface area (Å²) in [5.74, 6) is -1.27. The number of imide groups is 1. The first-order valence-corrected chi connectivity index (χ1v) is 8.27. The summed E-state index contributed by atoms with van der Waals surface area (Å²) < 4.78 is 5.05. The first kappa shape index (κ1) is 16.9. The number of hydrogen-bond donors (Lipinski definition) is 0. The summed E-state index contributed by atoms with van der Waals surface area (Å²) in [6.07, 6.45) is 0.116. The molecule has 0 aromatic heterocycles. The molecule has 0 bridgehead atoms. The van der Waals surface area contributed by atoms with Gasteiger partial charge < -0.3 is 4.74 Å². The summed E-state index contributed by atoms with van der Waals surface area (Å²) in [5, 5.41) is 0. The van der Waals surface area contributed by atoms with Gasteiger partial charge in [-0.3, -0.25) is 19.3 Å². The third-order valence-electron chi connectivity index (χ3n) is 4.27. The lowest BCUT2D eigenvalue weighted by atomic mass is 9.95. The molecule has 128 valence electrons. The smallest absolute Gasteiger partial charge is 0.306 e. The second-order valence-electron chi connectivity index (χ2n) is 5.88. The summed E-state index contributed by atoms with van der Waals surface area (Å²) >= 11 is 0. The molecule has 25 heavy (non-hydrogen) atoms. The zero-order valence-electron chi connectivity index (χ0n) is 14.0. The van der Waals surface area contributed by atoms with Crippen molar-refractivity contribution in [3.8, 4) is 0 Å². The molecule has 5 nitrogen and oxygen atoms in total. The lowest BCUT2D eigenvalue weighted by molar-refractivity contribution is -0.143. The lowest BCUT2D eigenvalue weighted by Gasteiger charge is -2.22. The molecule has 1 aliphatic heterocycles. The van der Waals surface area contributed by atoms with E-state index in [0.29, 0.717) is 17.7 Å². The summed E-state index contributed by atoms with van der Waals surface area (Å²) in [7, 11) is 0. The van der Waals surface area contributed by atoms with Gasteiger partial charge in [-0.2, -0.15) is 0 Å². The van der Waals surface area contributed by atoms with E-state index in [2.05, 4.69) is 0 Å². The van der Waals surface area contributed by atoms with Gasteiger partial charge in [0, 0.05) is 12.5 Å². The van der Waals surface area contributed by atoms with Crippen LogP contribution in [-0.2, 0) is 9.53 Å². The van der Waals surface area contributed by atoms with Crippen LogP contribution in [0.1, 0.15) is 45.5 Å². The fourth-order valence-electron chi connectivity index (χ4n) is 3.06. The van der Waals surface area contributed by atoms with Gasteiger partial charge in [-0.25, -0.2) is 0 Å². The molecule has 2 amide bonds. The van der Waals surface area contributed by atoms with Gasteiger partial charge in [0.25, 0.3) is 11.8 Å². The fourth-order valence-corrected chi connectivity index (χ4v) is 3.06. The molecule has 0 unspecified atom stereocenters. The van der Waals surface area contributed by atoms with Crippen LogP contribution in [0.15, 0.2) is 54.6 Å². The van der Waals surface area contributed by atoms with E-state index >= 15 is 0 Å². The SMILES string of the molecule is CCOC(=O)C[C@H](CN1C(=O)c2ccccc2C1=O)c1ccccc1. The van der Waals surface area contributed by atoms with Gasteiger partial charge in [0.2, 0.25) is 0 Å². The number of hydrogen-bond acceptors (Lipinski definition) is 4. The Bertz CT molecular complexity index is 765. The maximum absolute atomic E-state index is 12.6. The number of fused-ring (bicyclic) bond motifs is 1. The van der Waals surface area contributed by atoms with Crippen molar-refractivity contribution in [2.45, 2.75) is 19.3 Å². The number of carbonyl (C=O) groups is 3. The van der Waals surface area contributed by atoms with Crippen LogP contribution < -0.4 is 0 Å². The minimum absolute atomic E-state index is 0.116. The van der Waals surface area contributed by atoms with Crippen molar-refractivity contribution in [2.24, 2.45) is 0 Å². The number of nitrogens with zero attached hydrogens (tertiary/aromatic N) is 1. The van der Waals surface area contributed by atoms with Crippen molar-refractivity contribution in [1.82, 2.24) is 4.90 Å². The van der Waals surface area contributed by atoms with E-state index in [-0.39, 0.29) is 36.7 Å². The number of ether oxygens (including phenoxy) is 1. The van der Waals surface area contributed by atoms with Gasteiger partial charge in [0.15, 0.2) is 0 Å². The molecule has 2 aromatic rings. The highest BCUT2D eigenvalue weighted by atomic mass is 16.5. The minimum Gasteiger partial charge on any atom is -0.466 e. The Balaban J connectivity index is 1.85. The van der Waals surface area contributed by atoms with Crippen LogP contribution in [0.25, 0.3) is 0 Å². The minimum atomic E-state index is -0.340. The van der Waals surface area contributed by atoms with Gasteiger partial charge in [-0.1, -0.05) is 42.5 Å². The molecule has 2 aromatic carbocycles. The monoisotopic (exact) mass is 337 g/mol. The summed E-state index contributed by atoms with van der Waals surface area (Å²) in [5.41, 5.74) is 1.72. The average molecular weight is 337 g/mol. The molecule has 3 rings (SSSR count). The number of carbonyl (C=O) groups excluding carboxylic acids is 3. The second kappa shape index (κ2) is 7.30. The van der Waals surface area contributed by atoms with Crippen molar-refractivity contribution in [2.75, 3.05) is 13.2 Å². The molecule has 0 fully saturated rings. The molecule has 1 heterocycles. The van der Waals surface area contributed by atoms with E-state index < -0.39 is 0 Å². The first-order valence-electron chi connectivity index (χ1n) is 8.27. The Kier molecular flexibility index (Phi) is 4.93.